The van der Waals surface area contributed by atoms with Crippen LogP contribution in [0.4, 0.5) is 0 Å². The summed E-state index contributed by atoms with van der Waals surface area (Å²) >= 11 is 0. The third-order valence-electron chi connectivity index (χ3n) is 0.900. The summed E-state index contributed by atoms with van der Waals surface area (Å²) in [7, 11) is 1.63. The van der Waals surface area contributed by atoms with Gasteiger partial charge in [0.05, 0.1) is 7.11 Å². The second-order valence-electron chi connectivity index (χ2n) is 1.43. The Labute approximate surface area is 87.7 Å². The molecule has 0 N–H and O–H groups in total. The Morgan fingerprint density at radius 2 is 2.10 bits per heavy atom. The minimum Gasteiger partial charge on any atom is -1.00 e. The fraction of sp³-hybridized carbons (Fsp3) is 0.143. The van der Waals surface area contributed by atoms with Crippen LogP contribution < -0.4 is 21.7 Å². The van der Waals surface area contributed by atoms with Crippen LogP contribution in [0.3, 0.4) is 0 Å². The summed E-state index contributed by atoms with van der Waals surface area (Å²) in [6, 6.07) is 10.4. The minimum atomic E-state index is 0. The topological polar surface area (TPSA) is 9.23 Å². The summed E-state index contributed by atoms with van der Waals surface area (Å²) in [6.07, 6.45) is 0. The summed E-state index contributed by atoms with van der Waals surface area (Å²) in [5, 5.41) is 0. The summed E-state index contributed by atoms with van der Waals surface area (Å²) in [6.45, 7) is 0. The van der Waals surface area contributed by atoms with Crippen LogP contribution in [0.5, 0.6) is 5.75 Å². The third kappa shape index (κ3) is 4.14. The predicted octanol–water partition coefficient (Wildman–Crippen LogP) is -1.88. The molecule has 0 aliphatic heterocycles. The second kappa shape index (κ2) is 7.37. The van der Waals surface area contributed by atoms with E-state index in [2.05, 4.69) is 6.07 Å². The summed E-state index contributed by atoms with van der Waals surface area (Å²) in [5.74, 6) is 0.785. The number of ether oxygens (including phenoxy) is 1. The number of benzene rings is 1. The van der Waals surface area contributed by atoms with E-state index in [1.807, 2.05) is 24.3 Å². The fourth-order valence-corrected chi connectivity index (χ4v) is 0.504. The molecule has 0 spiro atoms. The molecule has 1 rings (SSSR count). The largest absolute Gasteiger partial charge is 2.00 e. The molecule has 10 heavy (non-hydrogen) atoms. The van der Waals surface area contributed by atoms with Gasteiger partial charge < -0.3 is 21.7 Å². The van der Waals surface area contributed by atoms with Gasteiger partial charge in [0, 0.05) is 5.75 Å². The number of para-hydroxylation sites is 1. The molecule has 0 saturated heterocycles. The van der Waals surface area contributed by atoms with Gasteiger partial charge in [-0.1, -0.05) is 0 Å². The van der Waals surface area contributed by atoms with Crippen LogP contribution >= 0.6 is 0 Å². The van der Waals surface area contributed by atoms with Crippen LogP contribution in [0, 0.1) is 6.07 Å². The third-order valence-corrected chi connectivity index (χ3v) is 0.900. The average Bonchev–Trinajstić information content (AvgIpc) is 1.90. The van der Waals surface area contributed by atoms with Gasteiger partial charge in [-0.15, -0.1) is 12.1 Å². The van der Waals surface area contributed by atoms with Crippen molar-refractivity contribution in [2.24, 2.45) is 0 Å². The molecular formula is C7H7BrMgO. The van der Waals surface area contributed by atoms with E-state index in [0.717, 1.165) is 5.75 Å². The Bertz CT molecular complexity index is 155. The van der Waals surface area contributed by atoms with Crippen LogP contribution in [0.1, 0.15) is 0 Å². The van der Waals surface area contributed by atoms with Crippen molar-refractivity contribution in [2.45, 2.75) is 0 Å². The first kappa shape index (κ1) is 12.9. The smallest absolute Gasteiger partial charge is 1.00 e. The zero-order chi connectivity index (χ0) is 5.82. The maximum atomic E-state index is 4.86. The molecule has 3 heteroatoms. The predicted molar refractivity (Wildman–Crippen MR) is 37.6 cm³/mol. The molecule has 1 aromatic carbocycles. The number of rotatable bonds is 1. The Balaban J connectivity index is 0. The quantitative estimate of drug-likeness (QED) is 0.390. The maximum Gasteiger partial charge on any atom is 2.00 e. The van der Waals surface area contributed by atoms with E-state index in [1.165, 1.54) is 0 Å². The van der Waals surface area contributed by atoms with E-state index in [9.17, 15) is 0 Å². The molecule has 1 aromatic rings. The van der Waals surface area contributed by atoms with Crippen LogP contribution in [0.25, 0.3) is 0 Å². The average molecular weight is 211 g/mol. The monoisotopic (exact) mass is 210 g/mol. The molecule has 0 aromatic heterocycles. The van der Waals surface area contributed by atoms with Gasteiger partial charge in [-0.05, 0) is 0 Å². The van der Waals surface area contributed by atoms with E-state index >= 15 is 0 Å². The number of halogens is 1. The second-order valence-corrected chi connectivity index (χ2v) is 1.43. The molecule has 0 radical (unpaired) electrons. The Morgan fingerprint density at radius 3 is 2.40 bits per heavy atom. The Hall–Kier alpha value is 0.266. The summed E-state index contributed by atoms with van der Waals surface area (Å²) in [4.78, 5) is 0. The zero-order valence-electron chi connectivity index (χ0n) is 5.80. The van der Waals surface area contributed by atoms with Crippen molar-refractivity contribution in [3.63, 3.8) is 0 Å². The van der Waals surface area contributed by atoms with E-state index < -0.39 is 0 Å². The van der Waals surface area contributed by atoms with Gasteiger partial charge in [-0.25, -0.2) is 0 Å². The van der Waals surface area contributed by atoms with Crippen molar-refractivity contribution in [2.75, 3.05) is 7.11 Å². The van der Waals surface area contributed by atoms with E-state index in [-0.39, 0.29) is 40.0 Å². The Morgan fingerprint density at radius 1 is 1.40 bits per heavy atom. The molecule has 50 valence electrons. The molecule has 0 fully saturated rings. The van der Waals surface area contributed by atoms with Gasteiger partial charge >= 0.3 is 23.1 Å². The fourth-order valence-electron chi connectivity index (χ4n) is 0.504. The van der Waals surface area contributed by atoms with Crippen molar-refractivity contribution in [3.05, 3.63) is 30.3 Å². The van der Waals surface area contributed by atoms with E-state index in [0.29, 0.717) is 0 Å². The van der Waals surface area contributed by atoms with Gasteiger partial charge in [0.1, 0.15) is 0 Å². The van der Waals surface area contributed by atoms with Crippen molar-refractivity contribution in [1.29, 1.82) is 0 Å². The van der Waals surface area contributed by atoms with Crippen LogP contribution in [0.15, 0.2) is 24.3 Å². The van der Waals surface area contributed by atoms with Crippen LogP contribution in [-0.2, 0) is 0 Å². The first-order valence-electron chi connectivity index (χ1n) is 2.44. The Kier molecular flexibility index (Phi) is 9.51. The molecule has 0 unspecified atom stereocenters. The first-order chi connectivity index (χ1) is 3.93. The number of hydrogen-bond acceptors (Lipinski definition) is 1. The molecule has 0 aliphatic carbocycles. The molecule has 0 atom stereocenters. The van der Waals surface area contributed by atoms with Gasteiger partial charge in [-0.3, -0.25) is 0 Å². The van der Waals surface area contributed by atoms with Crippen LogP contribution in [0.2, 0.25) is 0 Å². The van der Waals surface area contributed by atoms with Gasteiger partial charge in [0.15, 0.2) is 0 Å². The molecular weight excluding hydrogens is 204 g/mol. The van der Waals surface area contributed by atoms with E-state index in [4.69, 9.17) is 4.74 Å². The minimum absolute atomic E-state index is 0. The van der Waals surface area contributed by atoms with Crippen molar-refractivity contribution < 1.29 is 21.7 Å². The van der Waals surface area contributed by atoms with Crippen LogP contribution in [-0.4, -0.2) is 30.2 Å². The van der Waals surface area contributed by atoms with Crippen molar-refractivity contribution in [3.8, 4) is 5.75 Å². The molecule has 0 heterocycles. The van der Waals surface area contributed by atoms with Crippen molar-refractivity contribution >= 4 is 23.1 Å². The normalized spacial score (nSPS) is 6.90. The summed E-state index contributed by atoms with van der Waals surface area (Å²) < 4.78 is 4.86. The van der Waals surface area contributed by atoms with Gasteiger partial charge in [-0.2, -0.15) is 18.2 Å². The van der Waals surface area contributed by atoms with E-state index in [1.54, 1.807) is 7.11 Å². The number of methoxy groups -OCH3 is 1. The van der Waals surface area contributed by atoms with Gasteiger partial charge in [0.25, 0.3) is 0 Å². The first-order valence-corrected chi connectivity index (χ1v) is 2.44. The standard InChI is InChI=1S/C7H7O.BrH.Mg/c1-8-7-5-3-2-4-6-7;;/h2-5H,1H3;1H;/q-1;;+2/p-1. The number of hydrogen-bond donors (Lipinski definition) is 0. The van der Waals surface area contributed by atoms with Gasteiger partial charge in [0.2, 0.25) is 0 Å². The molecule has 1 nitrogen and oxygen atoms in total. The maximum absolute atomic E-state index is 4.86. The van der Waals surface area contributed by atoms with Crippen molar-refractivity contribution in [1.82, 2.24) is 0 Å². The summed E-state index contributed by atoms with van der Waals surface area (Å²) in [5.41, 5.74) is 0. The zero-order valence-corrected chi connectivity index (χ0v) is 8.80. The molecule has 0 saturated carbocycles. The molecule has 0 aliphatic rings. The molecule has 0 amide bonds. The molecule has 0 bridgehead atoms. The SMILES string of the molecule is COc1[c-]cccc1.[Br-].[Mg+2].